The fourth-order valence-corrected chi connectivity index (χ4v) is 2.73. The minimum atomic E-state index is -0.0795. The lowest BCUT2D eigenvalue weighted by molar-refractivity contribution is 0.0620. The Morgan fingerprint density at radius 2 is 1.92 bits per heavy atom. The summed E-state index contributed by atoms with van der Waals surface area (Å²) in [5.74, 6) is 0.229. The molecule has 1 amide bonds. The Bertz CT molecular complexity index is 769. The molecule has 122 valence electrons. The first kappa shape index (κ1) is 16.0. The van der Waals surface area contributed by atoms with Crippen LogP contribution in [-0.4, -0.2) is 54.2 Å². The molecular formula is C18H17N3O3. The van der Waals surface area contributed by atoms with Crippen LogP contribution in [0.2, 0.25) is 0 Å². The van der Waals surface area contributed by atoms with Gasteiger partial charge in [-0.2, -0.15) is 5.26 Å². The van der Waals surface area contributed by atoms with E-state index in [2.05, 4.69) is 0 Å². The second-order valence-electron chi connectivity index (χ2n) is 5.66. The number of carbonyl (C=O) groups excluding carboxylic acids is 2. The Balaban J connectivity index is 1.56. The maximum absolute atomic E-state index is 12.5. The van der Waals surface area contributed by atoms with Crippen molar-refractivity contribution in [1.29, 1.82) is 5.26 Å². The fraction of sp³-hybridized carbons (Fsp3) is 0.278. The number of nitriles is 1. The van der Waals surface area contributed by atoms with Crippen LogP contribution >= 0.6 is 0 Å². The van der Waals surface area contributed by atoms with Crippen molar-refractivity contribution in [3.05, 3.63) is 59.5 Å². The Morgan fingerprint density at radius 1 is 1.12 bits per heavy atom. The van der Waals surface area contributed by atoms with Gasteiger partial charge in [0.1, 0.15) is 0 Å². The lowest BCUT2D eigenvalue weighted by Gasteiger charge is -2.34. The smallest absolute Gasteiger partial charge is 0.253 e. The summed E-state index contributed by atoms with van der Waals surface area (Å²) in [4.78, 5) is 28.3. The maximum Gasteiger partial charge on any atom is 0.253 e. The van der Waals surface area contributed by atoms with Crippen LogP contribution in [-0.2, 0) is 0 Å². The van der Waals surface area contributed by atoms with Crippen LogP contribution in [0.5, 0.6) is 0 Å². The van der Waals surface area contributed by atoms with Crippen molar-refractivity contribution in [2.75, 3.05) is 32.7 Å². The zero-order chi connectivity index (χ0) is 16.9. The highest BCUT2D eigenvalue weighted by Crippen LogP contribution is 2.11. The summed E-state index contributed by atoms with van der Waals surface area (Å²) in [7, 11) is 0. The van der Waals surface area contributed by atoms with Gasteiger partial charge in [0, 0.05) is 31.7 Å². The van der Waals surface area contributed by atoms with E-state index in [1.165, 1.54) is 6.26 Å². The summed E-state index contributed by atoms with van der Waals surface area (Å²) in [6.07, 6.45) is 1.49. The molecule has 0 N–H and O–H groups in total. The molecule has 0 unspecified atom stereocenters. The van der Waals surface area contributed by atoms with Crippen LogP contribution in [0.4, 0.5) is 0 Å². The van der Waals surface area contributed by atoms with Gasteiger partial charge in [-0.1, -0.05) is 6.07 Å². The van der Waals surface area contributed by atoms with Gasteiger partial charge in [-0.05, 0) is 30.3 Å². The first-order valence-electron chi connectivity index (χ1n) is 7.76. The van der Waals surface area contributed by atoms with Crippen molar-refractivity contribution in [3.63, 3.8) is 0 Å². The Labute approximate surface area is 139 Å². The van der Waals surface area contributed by atoms with E-state index in [0.29, 0.717) is 49.6 Å². The third-order valence-corrected chi connectivity index (χ3v) is 4.06. The number of ketones is 1. The highest BCUT2D eigenvalue weighted by atomic mass is 16.3. The van der Waals surface area contributed by atoms with Crippen LogP contribution in [0.25, 0.3) is 0 Å². The van der Waals surface area contributed by atoms with E-state index in [1.54, 1.807) is 41.3 Å². The minimum absolute atomic E-state index is 0.0542. The lowest BCUT2D eigenvalue weighted by atomic mass is 10.1. The number of carbonyl (C=O) groups is 2. The SMILES string of the molecule is N#Cc1cccc(C(=O)N2CCN(CC(=O)c3ccco3)CC2)c1. The molecule has 0 bridgehead atoms. The fourth-order valence-electron chi connectivity index (χ4n) is 2.73. The number of piperazine rings is 1. The minimum Gasteiger partial charge on any atom is -0.461 e. The molecule has 1 fully saturated rings. The van der Waals surface area contributed by atoms with E-state index in [1.807, 2.05) is 11.0 Å². The van der Waals surface area contributed by atoms with Crippen molar-refractivity contribution < 1.29 is 14.0 Å². The molecule has 6 nitrogen and oxygen atoms in total. The lowest BCUT2D eigenvalue weighted by Crippen LogP contribution is -2.49. The molecule has 1 aliphatic heterocycles. The van der Waals surface area contributed by atoms with Gasteiger partial charge in [0.05, 0.1) is 24.4 Å². The molecule has 3 rings (SSSR count). The highest BCUT2D eigenvalue weighted by molar-refractivity contribution is 5.95. The molecule has 1 aromatic heterocycles. The summed E-state index contributed by atoms with van der Waals surface area (Å²) in [6, 6.07) is 12.1. The molecule has 1 aromatic carbocycles. The van der Waals surface area contributed by atoms with E-state index in [-0.39, 0.29) is 11.7 Å². The number of Topliss-reactive ketones (excluding diaryl/α,β-unsaturated/α-hetero) is 1. The standard InChI is InChI=1S/C18H17N3O3/c19-12-14-3-1-4-15(11-14)18(23)21-8-6-20(7-9-21)13-16(22)17-5-2-10-24-17/h1-5,10-11H,6-9,13H2. The molecule has 0 spiro atoms. The molecule has 0 aliphatic carbocycles. The number of hydrogen-bond donors (Lipinski definition) is 0. The number of rotatable bonds is 4. The molecule has 1 saturated heterocycles. The van der Waals surface area contributed by atoms with Gasteiger partial charge in [0.15, 0.2) is 5.76 Å². The molecule has 0 atom stereocenters. The summed E-state index contributed by atoms with van der Waals surface area (Å²) in [5, 5.41) is 8.93. The number of benzene rings is 1. The number of nitrogens with zero attached hydrogens (tertiary/aromatic N) is 3. The summed E-state index contributed by atoms with van der Waals surface area (Å²) >= 11 is 0. The molecule has 0 radical (unpaired) electrons. The number of furan rings is 1. The highest BCUT2D eigenvalue weighted by Gasteiger charge is 2.24. The molecular weight excluding hydrogens is 306 g/mol. The van der Waals surface area contributed by atoms with Gasteiger partial charge in [-0.3, -0.25) is 14.5 Å². The predicted octanol–water partition coefficient (Wildman–Crippen LogP) is 1.79. The van der Waals surface area contributed by atoms with Crippen molar-refractivity contribution in [2.24, 2.45) is 0 Å². The number of amides is 1. The first-order valence-corrected chi connectivity index (χ1v) is 7.76. The topological polar surface area (TPSA) is 77.5 Å². The van der Waals surface area contributed by atoms with E-state index >= 15 is 0 Å². The predicted molar refractivity (Wildman–Crippen MR) is 86.5 cm³/mol. The van der Waals surface area contributed by atoms with E-state index in [9.17, 15) is 9.59 Å². The number of hydrogen-bond acceptors (Lipinski definition) is 5. The second-order valence-corrected chi connectivity index (χ2v) is 5.66. The third-order valence-electron chi connectivity index (χ3n) is 4.06. The molecule has 2 aromatic rings. The van der Waals surface area contributed by atoms with Crippen LogP contribution < -0.4 is 0 Å². The molecule has 0 saturated carbocycles. The second kappa shape index (κ2) is 7.11. The largest absolute Gasteiger partial charge is 0.461 e. The monoisotopic (exact) mass is 323 g/mol. The Morgan fingerprint density at radius 3 is 2.58 bits per heavy atom. The maximum atomic E-state index is 12.5. The molecule has 2 heterocycles. The molecule has 1 aliphatic rings. The van der Waals surface area contributed by atoms with Crippen molar-refractivity contribution in [3.8, 4) is 6.07 Å². The summed E-state index contributed by atoms with van der Waals surface area (Å²) < 4.78 is 5.11. The van der Waals surface area contributed by atoms with Gasteiger partial charge >= 0.3 is 0 Å². The normalized spacial score (nSPS) is 15.0. The zero-order valence-corrected chi connectivity index (χ0v) is 13.1. The van der Waals surface area contributed by atoms with E-state index in [0.717, 1.165) is 0 Å². The van der Waals surface area contributed by atoms with Gasteiger partial charge in [0.2, 0.25) is 5.78 Å². The van der Waals surface area contributed by atoms with Gasteiger partial charge in [0.25, 0.3) is 5.91 Å². The van der Waals surface area contributed by atoms with Gasteiger partial charge in [-0.25, -0.2) is 0 Å². The van der Waals surface area contributed by atoms with Crippen molar-refractivity contribution >= 4 is 11.7 Å². The quantitative estimate of drug-likeness (QED) is 0.802. The van der Waals surface area contributed by atoms with E-state index in [4.69, 9.17) is 9.68 Å². The van der Waals surface area contributed by atoms with Crippen LogP contribution in [0.3, 0.4) is 0 Å². The Kier molecular flexibility index (Phi) is 4.73. The average molecular weight is 323 g/mol. The van der Waals surface area contributed by atoms with Crippen molar-refractivity contribution in [1.82, 2.24) is 9.80 Å². The summed E-state index contributed by atoms with van der Waals surface area (Å²) in [6.45, 7) is 2.67. The van der Waals surface area contributed by atoms with Crippen molar-refractivity contribution in [2.45, 2.75) is 0 Å². The van der Waals surface area contributed by atoms with Gasteiger partial charge < -0.3 is 9.32 Å². The van der Waals surface area contributed by atoms with Gasteiger partial charge in [-0.15, -0.1) is 0 Å². The van der Waals surface area contributed by atoms with Crippen LogP contribution in [0.1, 0.15) is 26.5 Å². The third kappa shape index (κ3) is 3.53. The average Bonchev–Trinajstić information content (AvgIpc) is 3.16. The van der Waals surface area contributed by atoms with Crippen LogP contribution in [0.15, 0.2) is 47.1 Å². The summed E-state index contributed by atoms with van der Waals surface area (Å²) in [5.41, 5.74) is 0.998. The molecule has 6 heteroatoms. The molecule has 24 heavy (non-hydrogen) atoms. The first-order chi connectivity index (χ1) is 11.7. The zero-order valence-electron chi connectivity index (χ0n) is 13.1. The van der Waals surface area contributed by atoms with E-state index < -0.39 is 0 Å². The van der Waals surface area contributed by atoms with Crippen LogP contribution in [0, 0.1) is 11.3 Å². The Hall–Kier alpha value is -2.91.